The summed E-state index contributed by atoms with van der Waals surface area (Å²) in [5.41, 5.74) is 1.73. The molecule has 3 heterocycles. The van der Waals surface area contributed by atoms with Crippen molar-refractivity contribution in [1.82, 2.24) is 15.3 Å². The highest BCUT2D eigenvalue weighted by Gasteiger charge is 2.41. The minimum Gasteiger partial charge on any atom is -0.489 e. The second-order valence-electron chi connectivity index (χ2n) is 10.3. The molecule has 1 aromatic carbocycles. The third kappa shape index (κ3) is 5.79. The van der Waals surface area contributed by atoms with Crippen LogP contribution in [0.2, 0.25) is 0 Å². The Morgan fingerprint density at radius 2 is 1.97 bits per heavy atom. The Bertz CT molecular complexity index is 1180. The molecule has 3 N–H and O–H groups in total. The number of likely N-dealkylation sites (N-methyl/N-ethyl adjacent to an activating group) is 1. The molecule has 11 heteroatoms. The van der Waals surface area contributed by atoms with Crippen LogP contribution in [0.25, 0.3) is 0 Å². The number of amides is 2. The molecule has 1 atom stereocenters. The van der Waals surface area contributed by atoms with Crippen molar-refractivity contribution in [2.45, 2.75) is 70.0 Å². The summed E-state index contributed by atoms with van der Waals surface area (Å²) in [6, 6.07) is 5.24. The maximum Gasteiger partial charge on any atom is 0.251 e. The van der Waals surface area contributed by atoms with Crippen LogP contribution >= 0.6 is 0 Å². The molecule has 1 aromatic heterocycles. The van der Waals surface area contributed by atoms with E-state index in [1.807, 2.05) is 6.92 Å². The van der Waals surface area contributed by atoms with Crippen molar-refractivity contribution >= 4 is 35.0 Å². The third-order valence-corrected chi connectivity index (χ3v) is 7.81. The molecule has 2 aromatic rings. The SMILES string of the molecule is CC[C@@H]1C(=O)N(C)c2cnc(Nc3ccc(C(=O)NC4CCOCC4)cc3OCCO)nc2N1C1CCCC1. The van der Waals surface area contributed by atoms with Crippen LogP contribution in [0, 0.1) is 0 Å². The lowest BCUT2D eigenvalue weighted by Crippen LogP contribution is -2.55. The van der Waals surface area contributed by atoms with Gasteiger partial charge in [-0.1, -0.05) is 19.8 Å². The second kappa shape index (κ2) is 12.2. The number of nitrogens with one attached hydrogen (secondary N) is 2. The average Bonchev–Trinajstić information content (AvgIpc) is 3.49. The van der Waals surface area contributed by atoms with Crippen molar-refractivity contribution < 1.29 is 24.2 Å². The molecule has 0 bridgehead atoms. The summed E-state index contributed by atoms with van der Waals surface area (Å²) in [6.07, 6.45) is 8.31. The zero-order chi connectivity index (χ0) is 27.4. The quantitative estimate of drug-likeness (QED) is 0.441. The number of carbonyl (C=O) groups is 2. The highest BCUT2D eigenvalue weighted by molar-refractivity contribution is 6.04. The smallest absolute Gasteiger partial charge is 0.251 e. The van der Waals surface area contributed by atoms with Gasteiger partial charge in [-0.15, -0.1) is 0 Å². The van der Waals surface area contributed by atoms with Gasteiger partial charge in [-0.2, -0.15) is 4.98 Å². The number of aliphatic hydroxyl groups is 1. The Balaban J connectivity index is 1.42. The van der Waals surface area contributed by atoms with Crippen LogP contribution in [0.15, 0.2) is 24.4 Å². The van der Waals surface area contributed by atoms with Gasteiger partial charge in [0.25, 0.3) is 5.91 Å². The van der Waals surface area contributed by atoms with E-state index in [4.69, 9.17) is 14.5 Å². The van der Waals surface area contributed by atoms with E-state index in [1.165, 1.54) is 0 Å². The van der Waals surface area contributed by atoms with E-state index in [1.54, 1.807) is 36.3 Å². The summed E-state index contributed by atoms with van der Waals surface area (Å²) >= 11 is 0. The van der Waals surface area contributed by atoms with Crippen LogP contribution in [0.5, 0.6) is 5.75 Å². The fraction of sp³-hybridized carbons (Fsp3) is 0.571. The fourth-order valence-corrected chi connectivity index (χ4v) is 5.72. The molecule has 1 aliphatic carbocycles. The Labute approximate surface area is 228 Å². The van der Waals surface area contributed by atoms with Crippen molar-refractivity contribution in [3.63, 3.8) is 0 Å². The summed E-state index contributed by atoms with van der Waals surface area (Å²) in [5, 5.41) is 15.7. The molecular weight excluding hydrogens is 500 g/mol. The van der Waals surface area contributed by atoms with Crippen LogP contribution in [0.4, 0.5) is 23.1 Å². The Morgan fingerprint density at radius 1 is 1.21 bits per heavy atom. The summed E-state index contributed by atoms with van der Waals surface area (Å²) in [6.45, 7) is 3.23. The number of nitrogens with zero attached hydrogens (tertiary/aromatic N) is 4. The standard InChI is InChI=1S/C28H38N6O5/c1-3-22-27(37)33(2)23-17-29-28(32-25(23)34(22)20-6-4-5-7-20)31-21-9-8-18(16-24(21)39-15-12-35)26(36)30-19-10-13-38-14-11-19/h8-9,16-17,19-20,22,35H,3-7,10-15H2,1-2H3,(H,30,36)(H,29,31,32)/t22-/m1/s1. The zero-order valence-electron chi connectivity index (χ0n) is 22.7. The molecule has 1 saturated carbocycles. The molecule has 5 rings (SSSR count). The molecule has 0 radical (unpaired) electrons. The first kappa shape index (κ1) is 27.1. The van der Waals surface area contributed by atoms with Crippen LogP contribution in [0.1, 0.15) is 62.2 Å². The van der Waals surface area contributed by atoms with Crippen LogP contribution in [-0.4, -0.2) is 78.5 Å². The lowest BCUT2D eigenvalue weighted by atomic mass is 10.0. The van der Waals surface area contributed by atoms with E-state index in [9.17, 15) is 14.7 Å². The number of hydrogen-bond donors (Lipinski definition) is 3. The number of aliphatic hydroxyl groups excluding tert-OH is 1. The Morgan fingerprint density at radius 3 is 2.69 bits per heavy atom. The molecule has 3 aliphatic rings. The van der Waals surface area contributed by atoms with Gasteiger partial charge in [0, 0.05) is 37.9 Å². The van der Waals surface area contributed by atoms with Gasteiger partial charge in [0.1, 0.15) is 24.1 Å². The van der Waals surface area contributed by atoms with Crippen molar-refractivity contribution in [2.75, 3.05) is 48.6 Å². The largest absolute Gasteiger partial charge is 0.489 e. The fourth-order valence-electron chi connectivity index (χ4n) is 5.72. The van der Waals surface area contributed by atoms with Crippen molar-refractivity contribution in [2.24, 2.45) is 0 Å². The molecule has 210 valence electrons. The number of hydrogen-bond acceptors (Lipinski definition) is 9. The van der Waals surface area contributed by atoms with E-state index in [-0.39, 0.29) is 43.2 Å². The summed E-state index contributed by atoms with van der Waals surface area (Å²) in [7, 11) is 1.78. The van der Waals surface area contributed by atoms with Crippen molar-refractivity contribution in [3.05, 3.63) is 30.0 Å². The number of ether oxygens (including phenoxy) is 2. The zero-order valence-corrected chi connectivity index (χ0v) is 22.7. The van der Waals surface area contributed by atoms with E-state index in [0.717, 1.165) is 44.3 Å². The number of aromatic nitrogens is 2. The first-order valence-electron chi connectivity index (χ1n) is 14.0. The predicted octanol–water partition coefficient (Wildman–Crippen LogP) is 3.00. The van der Waals surface area contributed by atoms with Gasteiger partial charge in [-0.05, 0) is 50.3 Å². The number of anilines is 4. The average molecular weight is 539 g/mol. The highest BCUT2D eigenvalue weighted by atomic mass is 16.5. The normalized spacial score (nSPS) is 20.2. The van der Waals surface area contributed by atoms with E-state index >= 15 is 0 Å². The Kier molecular flexibility index (Phi) is 8.47. The van der Waals surface area contributed by atoms with Gasteiger partial charge < -0.3 is 35.0 Å². The van der Waals surface area contributed by atoms with Gasteiger partial charge >= 0.3 is 0 Å². The topological polar surface area (TPSA) is 129 Å². The molecule has 2 fully saturated rings. The lowest BCUT2D eigenvalue weighted by molar-refractivity contribution is -0.120. The number of carbonyl (C=O) groups excluding carboxylic acids is 2. The first-order valence-corrected chi connectivity index (χ1v) is 14.0. The third-order valence-electron chi connectivity index (χ3n) is 7.81. The summed E-state index contributed by atoms with van der Waals surface area (Å²) in [5.74, 6) is 1.41. The highest BCUT2D eigenvalue weighted by Crippen LogP contribution is 2.40. The molecule has 0 spiro atoms. The number of rotatable bonds is 9. The maximum atomic E-state index is 13.2. The van der Waals surface area contributed by atoms with Crippen molar-refractivity contribution in [1.29, 1.82) is 0 Å². The van der Waals surface area contributed by atoms with Gasteiger partial charge in [0.15, 0.2) is 5.82 Å². The first-order chi connectivity index (χ1) is 19.0. The van der Waals surface area contributed by atoms with Crippen LogP contribution in [0.3, 0.4) is 0 Å². The minimum atomic E-state index is -0.259. The number of benzene rings is 1. The molecule has 11 nitrogen and oxygen atoms in total. The van der Waals surface area contributed by atoms with Gasteiger partial charge in [0.05, 0.1) is 18.5 Å². The van der Waals surface area contributed by atoms with Crippen LogP contribution in [-0.2, 0) is 9.53 Å². The molecule has 2 aliphatic heterocycles. The lowest BCUT2D eigenvalue weighted by Gasteiger charge is -2.43. The molecular formula is C28H38N6O5. The molecule has 0 unspecified atom stereocenters. The number of fused-ring (bicyclic) bond motifs is 1. The van der Waals surface area contributed by atoms with E-state index in [2.05, 4.69) is 20.5 Å². The predicted molar refractivity (Wildman–Crippen MR) is 148 cm³/mol. The van der Waals surface area contributed by atoms with Crippen LogP contribution < -0.4 is 25.2 Å². The Hall–Kier alpha value is -3.44. The van der Waals surface area contributed by atoms with Crippen molar-refractivity contribution in [3.8, 4) is 5.75 Å². The van der Waals surface area contributed by atoms with E-state index in [0.29, 0.717) is 48.3 Å². The summed E-state index contributed by atoms with van der Waals surface area (Å²) in [4.78, 5) is 39.3. The molecule has 2 amide bonds. The monoisotopic (exact) mass is 538 g/mol. The molecule has 1 saturated heterocycles. The second-order valence-corrected chi connectivity index (χ2v) is 10.3. The van der Waals surface area contributed by atoms with Gasteiger partial charge in [0.2, 0.25) is 11.9 Å². The summed E-state index contributed by atoms with van der Waals surface area (Å²) < 4.78 is 11.2. The van der Waals surface area contributed by atoms with Gasteiger partial charge in [-0.3, -0.25) is 9.59 Å². The molecule has 39 heavy (non-hydrogen) atoms. The maximum absolute atomic E-state index is 13.2. The van der Waals surface area contributed by atoms with Gasteiger partial charge in [-0.25, -0.2) is 4.98 Å². The van der Waals surface area contributed by atoms with E-state index < -0.39 is 0 Å². The minimum absolute atomic E-state index is 0.0653.